The molecule has 0 saturated carbocycles. The van der Waals surface area contributed by atoms with E-state index < -0.39 is 17.9 Å². The van der Waals surface area contributed by atoms with Gasteiger partial charge in [-0.1, -0.05) is 50.2 Å². The number of carbonyl (C=O) groups excluding carboxylic acids is 3. The predicted octanol–water partition coefficient (Wildman–Crippen LogP) is 4.07. The van der Waals surface area contributed by atoms with Gasteiger partial charge in [-0.2, -0.15) is 5.10 Å². The minimum absolute atomic E-state index is 0.128. The van der Waals surface area contributed by atoms with Crippen LogP contribution in [0.15, 0.2) is 84.0 Å². The molecular formula is C30H34N4O5. The summed E-state index contributed by atoms with van der Waals surface area (Å²) in [6, 6.07) is 22.7. The molecule has 0 aromatic heterocycles. The zero-order valence-electron chi connectivity index (χ0n) is 22.3. The Kier molecular flexibility index (Phi) is 11.1. The SMILES string of the molecule is Cc1ccccc1OCC(=O)N[C@@H](CC(C)C)C(=O)N/N=C\c1ccc(OCC(=O)Nc2ccccc2)cc1. The van der Waals surface area contributed by atoms with Crippen LogP contribution in [0.4, 0.5) is 5.69 Å². The van der Waals surface area contributed by atoms with Crippen LogP contribution in [0.5, 0.6) is 11.5 Å². The predicted molar refractivity (Wildman–Crippen MR) is 151 cm³/mol. The molecule has 0 spiro atoms. The highest BCUT2D eigenvalue weighted by atomic mass is 16.5. The second-order valence-electron chi connectivity index (χ2n) is 9.31. The molecule has 39 heavy (non-hydrogen) atoms. The zero-order valence-corrected chi connectivity index (χ0v) is 22.3. The largest absolute Gasteiger partial charge is 0.484 e. The molecule has 0 saturated heterocycles. The van der Waals surface area contributed by atoms with Crippen molar-refractivity contribution >= 4 is 29.6 Å². The number of carbonyl (C=O) groups is 3. The summed E-state index contributed by atoms with van der Waals surface area (Å²) in [5.41, 5.74) is 4.83. The fraction of sp³-hybridized carbons (Fsp3) is 0.267. The number of hydrogen-bond donors (Lipinski definition) is 3. The highest BCUT2D eigenvalue weighted by Crippen LogP contribution is 2.16. The quantitative estimate of drug-likeness (QED) is 0.227. The minimum Gasteiger partial charge on any atom is -0.484 e. The number of rotatable bonds is 13. The average molecular weight is 531 g/mol. The molecule has 0 bridgehead atoms. The van der Waals surface area contributed by atoms with Gasteiger partial charge in [-0.3, -0.25) is 14.4 Å². The minimum atomic E-state index is -0.757. The average Bonchev–Trinajstić information content (AvgIpc) is 2.92. The third-order valence-electron chi connectivity index (χ3n) is 5.51. The zero-order chi connectivity index (χ0) is 28.0. The van der Waals surface area contributed by atoms with Crippen molar-refractivity contribution in [3.05, 3.63) is 90.0 Å². The monoisotopic (exact) mass is 530 g/mol. The van der Waals surface area contributed by atoms with Crippen LogP contribution in [0.2, 0.25) is 0 Å². The molecule has 0 aliphatic carbocycles. The van der Waals surface area contributed by atoms with Gasteiger partial charge in [-0.05, 0) is 72.9 Å². The molecule has 0 aliphatic heterocycles. The van der Waals surface area contributed by atoms with Crippen molar-refractivity contribution < 1.29 is 23.9 Å². The first-order valence-electron chi connectivity index (χ1n) is 12.7. The van der Waals surface area contributed by atoms with E-state index in [2.05, 4.69) is 21.2 Å². The van der Waals surface area contributed by atoms with Gasteiger partial charge in [0.15, 0.2) is 13.2 Å². The lowest BCUT2D eigenvalue weighted by Crippen LogP contribution is -2.47. The maximum atomic E-state index is 12.7. The van der Waals surface area contributed by atoms with Crippen molar-refractivity contribution in [2.45, 2.75) is 33.2 Å². The second kappa shape index (κ2) is 14.9. The molecule has 0 unspecified atom stereocenters. The summed E-state index contributed by atoms with van der Waals surface area (Å²) in [7, 11) is 0. The number of anilines is 1. The van der Waals surface area contributed by atoms with Crippen LogP contribution in [0.3, 0.4) is 0 Å². The number of benzene rings is 3. The molecule has 3 amide bonds. The first kappa shape index (κ1) is 28.9. The smallest absolute Gasteiger partial charge is 0.262 e. The van der Waals surface area contributed by atoms with Gasteiger partial charge >= 0.3 is 0 Å². The third kappa shape index (κ3) is 10.3. The molecule has 0 fully saturated rings. The van der Waals surface area contributed by atoms with Crippen molar-refractivity contribution in [3.63, 3.8) is 0 Å². The van der Waals surface area contributed by atoms with Crippen molar-refractivity contribution in [1.29, 1.82) is 0 Å². The molecule has 0 radical (unpaired) electrons. The second-order valence-corrected chi connectivity index (χ2v) is 9.31. The fourth-order valence-corrected chi connectivity index (χ4v) is 3.57. The number of nitrogens with one attached hydrogen (secondary N) is 3. The first-order chi connectivity index (χ1) is 18.8. The lowest BCUT2D eigenvalue weighted by atomic mass is 10.0. The van der Waals surface area contributed by atoms with Crippen LogP contribution >= 0.6 is 0 Å². The Morgan fingerprint density at radius 1 is 0.846 bits per heavy atom. The number of ether oxygens (including phenoxy) is 2. The lowest BCUT2D eigenvalue weighted by molar-refractivity contribution is -0.130. The fourth-order valence-electron chi connectivity index (χ4n) is 3.57. The Labute approximate surface area is 228 Å². The first-order valence-corrected chi connectivity index (χ1v) is 12.7. The Bertz CT molecular complexity index is 1260. The van der Waals surface area contributed by atoms with Gasteiger partial charge in [-0.15, -0.1) is 0 Å². The molecule has 1 atom stereocenters. The van der Waals surface area contributed by atoms with Gasteiger partial charge in [-0.25, -0.2) is 5.43 Å². The summed E-state index contributed by atoms with van der Waals surface area (Å²) >= 11 is 0. The molecule has 9 nitrogen and oxygen atoms in total. The highest BCUT2D eigenvalue weighted by molar-refractivity contribution is 5.92. The van der Waals surface area contributed by atoms with Crippen LogP contribution in [-0.4, -0.2) is 43.2 Å². The van der Waals surface area contributed by atoms with Gasteiger partial charge in [0.1, 0.15) is 17.5 Å². The van der Waals surface area contributed by atoms with Crippen molar-refractivity contribution in [3.8, 4) is 11.5 Å². The van der Waals surface area contributed by atoms with E-state index in [0.717, 1.165) is 5.56 Å². The lowest BCUT2D eigenvalue weighted by Gasteiger charge is -2.19. The van der Waals surface area contributed by atoms with Crippen LogP contribution in [0.1, 0.15) is 31.4 Å². The standard InChI is InChI=1S/C30H34N4O5/c1-21(2)17-26(33-29(36)20-39-27-12-8-7-9-22(27)3)30(37)34-31-18-23-13-15-25(16-14-23)38-19-28(35)32-24-10-5-4-6-11-24/h4-16,18,21,26H,17,19-20H2,1-3H3,(H,32,35)(H,33,36)(H,34,37)/b31-18-/t26-/m0/s1. The molecule has 3 rings (SSSR count). The van der Waals surface area contributed by atoms with Gasteiger partial charge < -0.3 is 20.1 Å². The van der Waals surface area contributed by atoms with E-state index in [1.807, 2.05) is 57.2 Å². The number of amides is 3. The Hall–Kier alpha value is -4.66. The Balaban J connectivity index is 1.46. The Morgan fingerprint density at radius 3 is 2.21 bits per heavy atom. The number of para-hydroxylation sites is 2. The van der Waals surface area contributed by atoms with Crippen molar-refractivity contribution in [2.75, 3.05) is 18.5 Å². The maximum Gasteiger partial charge on any atom is 0.262 e. The molecular weight excluding hydrogens is 496 g/mol. The molecule has 0 heterocycles. The molecule has 3 N–H and O–H groups in total. The van der Waals surface area contributed by atoms with Gasteiger partial charge in [0.2, 0.25) is 0 Å². The number of nitrogens with zero attached hydrogens (tertiary/aromatic N) is 1. The van der Waals surface area contributed by atoms with E-state index in [9.17, 15) is 14.4 Å². The molecule has 204 valence electrons. The summed E-state index contributed by atoms with van der Waals surface area (Å²) in [4.78, 5) is 37.2. The van der Waals surface area contributed by atoms with Gasteiger partial charge in [0.25, 0.3) is 17.7 Å². The molecule has 9 heteroatoms. The van der Waals surface area contributed by atoms with Crippen LogP contribution < -0.4 is 25.5 Å². The maximum absolute atomic E-state index is 12.7. The summed E-state index contributed by atoms with van der Waals surface area (Å²) in [5.74, 6) is 0.231. The van der Waals surface area contributed by atoms with Crippen LogP contribution in [0.25, 0.3) is 0 Å². The summed E-state index contributed by atoms with van der Waals surface area (Å²) in [5, 5.41) is 9.51. The normalized spacial score (nSPS) is 11.6. The number of hydrogen-bond acceptors (Lipinski definition) is 6. The van der Waals surface area contributed by atoms with Crippen LogP contribution in [0, 0.1) is 12.8 Å². The summed E-state index contributed by atoms with van der Waals surface area (Å²) in [6.45, 7) is 5.51. The Morgan fingerprint density at radius 2 is 1.51 bits per heavy atom. The van der Waals surface area contributed by atoms with E-state index in [0.29, 0.717) is 29.2 Å². The number of aryl methyl sites for hydroxylation is 1. The summed E-state index contributed by atoms with van der Waals surface area (Å²) < 4.78 is 11.1. The summed E-state index contributed by atoms with van der Waals surface area (Å²) in [6.07, 6.45) is 1.93. The van der Waals surface area contributed by atoms with Crippen LogP contribution in [-0.2, 0) is 14.4 Å². The third-order valence-corrected chi connectivity index (χ3v) is 5.51. The molecule has 3 aromatic carbocycles. The van der Waals surface area contributed by atoms with Crippen molar-refractivity contribution in [2.24, 2.45) is 11.0 Å². The highest BCUT2D eigenvalue weighted by Gasteiger charge is 2.22. The molecule has 3 aromatic rings. The number of hydrazone groups is 1. The van der Waals surface area contributed by atoms with E-state index in [1.54, 1.807) is 42.5 Å². The van der Waals surface area contributed by atoms with Gasteiger partial charge in [0, 0.05) is 5.69 Å². The topological polar surface area (TPSA) is 118 Å². The van der Waals surface area contributed by atoms with E-state index in [4.69, 9.17) is 9.47 Å². The van der Waals surface area contributed by atoms with Crippen molar-refractivity contribution in [1.82, 2.24) is 10.7 Å². The van der Waals surface area contributed by atoms with Gasteiger partial charge in [0.05, 0.1) is 6.21 Å². The van der Waals surface area contributed by atoms with E-state index in [1.165, 1.54) is 6.21 Å². The van der Waals surface area contributed by atoms with E-state index >= 15 is 0 Å². The molecule has 0 aliphatic rings. The van der Waals surface area contributed by atoms with E-state index in [-0.39, 0.29) is 25.0 Å².